The zero-order valence-corrected chi connectivity index (χ0v) is 9.21. The molecule has 0 N–H and O–H groups in total. The van der Waals surface area contributed by atoms with Crippen molar-refractivity contribution in [1.29, 1.82) is 0 Å². The van der Waals surface area contributed by atoms with Crippen LogP contribution in [0.4, 0.5) is 5.69 Å². The van der Waals surface area contributed by atoms with Crippen molar-refractivity contribution in [3.05, 3.63) is 28.8 Å². The lowest BCUT2D eigenvalue weighted by atomic mass is 10.2. The van der Waals surface area contributed by atoms with Gasteiger partial charge in [0.1, 0.15) is 0 Å². The molecule has 0 saturated heterocycles. The van der Waals surface area contributed by atoms with Crippen LogP contribution in [0, 0.1) is 0 Å². The third-order valence-electron chi connectivity index (χ3n) is 1.33. The average Bonchev–Trinajstić information content (AvgIpc) is 2.09. The van der Waals surface area contributed by atoms with Gasteiger partial charge in [0, 0.05) is 5.33 Å². The molecule has 0 aliphatic rings. The fourth-order valence-electron chi connectivity index (χ4n) is 0.773. The van der Waals surface area contributed by atoms with Gasteiger partial charge in [-0.15, -0.1) is 0 Å². The molecular formula is C8H5BrClNS. The third kappa shape index (κ3) is 2.39. The van der Waals surface area contributed by atoms with E-state index in [1.54, 1.807) is 0 Å². The van der Waals surface area contributed by atoms with E-state index in [1.165, 1.54) is 0 Å². The molecule has 4 heteroatoms. The SMILES string of the molecule is S=C=Nc1ccc(CBr)cc1Cl. The fraction of sp³-hybridized carbons (Fsp3) is 0.125. The molecule has 1 rings (SSSR count). The van der Waals surface area contributed by atoms with Crippen LogP contribution in [-0.2, 0) is 5.33 Å². The summed E-state index contributed by atoms with van der Waals surface area (Å²) in [5, 5.41) is 3.66. The van der Waals surface area contributed by atoms with Gasteiger partial charge in [-0.3, -0.25) is 0 Å². The topological polar surface area (TPSA) is 12.4 Å². The van der Waals surface area contributed by atoms with Crippen molar-refractivity contribution < 1.29 is 0 Å². The lowest BCUT2D eigenvalue weighted by molar-refractivity contribution is 1.42. The van der Waals surface area contributed by atoms with E-state index in [9.17, 15) is 0 Å². The Morgan fingerprint density at radius 1 is 1.58 bits per heavy atom. The van der Waals surface area contributed by atoms with E-state index in [1.807, 2.05) is 18.2 Å². The monoisotopic (exact) mass is 261 g/mol. The number of hydrogen-bond acceptors (Lipinski definition) is 2. The van der Waals surface area contributed by atoms with Crippen LogP contribution in [0.5, 0.6) is 0 Å². The normalized spacial score (nSPS) is 9.17. The highest BCUT2D eigenvalue weighted by atomic mass is 79.9. The Kier molecular flexibility index (Phi) is 3.89. The quantitative estimate of drug-likeness (QED) is 0.446. The number of isothiocyanates is 1. The minimum Gasteiger partial charge on any atom is -0.193 e. The van der Waals surface area contributed by atoms with Crippen molar-refractivity contribution >= 4 is 50.6 Å². The minimum atomic E-state index is 0.601. The van der Waals surface area contributed by atoms with Gasteiger partial charge in [0.15, 0.2) is 0 Å². The van der Waals surface area contributed by atoms with E-state index < -0.39 is 0 Å². The molecule has 0 aliphatic heterocycles. The van der Waals surface area contributed by atoms with Crippen LogP contribution in [-0.4, -0.2) is 5.16 Å². The summed E-state index contributed by atoms with van der Waals surface area (Å²) < 4.78 is 0. The van der Waals surface area contributed by atoms with E-state index >= 15 is 0 Å². The molecule has 0 fully saturated rings. The number of hydrogen-bond donors (Lipinski definition) is 0. The molecule has 0 unspecified atom stereocenters. The second-order valence-corrected chi connectivity index (χ2v) is 3.27. The van der Waals surface area contributed by atoms with E-state index in [4.69, 9.17) is 11.6 Å². The number of nitrogens with zero attached hydrogens (tertiary/aromatic N) is 1. The Hall–Kier alpha value is -0.210. The number of rotatable bonds is 2. The molecule has 0 aromatic heterocycles. The Morgan fingerprint density at radius 2 is 2.33 bits per heavy atom. The summed E-state index contributed by atoms with van der Waals surface area (Å²) in [5.41, 5.74) is 1.78. The summed E-state index contributed by atoms with van der Waals surface area (Å²) in [6.07, 6.45) is 0. The van der Waals surface area contributed by atoms with Gasteiger partial charge in [-0.05, 0) is 29.9 Å². The summed E-state index contributed by atoms with van der Waals surface area (Å²) in [6, 6.07) is 5.60. The van der Waals surface area contributed by atoms with Crippen LogP contribution in [0.25, 0.3) is 0 Å². The zero-order valence-electron chi connectivity index (χ0n) is 6.05. The van der Waals surface area contributed by atoms with Crippen LogP contribution in [0.15, 0.2) is 23.2 Å². The molecule has 1 aromatic rings. The first-order valence-corrected chi connectivity index (χ1v) is 5.11. The molecule has 0 aliphatic carbocycles. The molecule has 12 heavy (non-hydrogen) atoms. The second-order valence-electron chi connectivity index (χ2n) is 2.12. The van der Waals surface area contributed by atoms with Crippen molar-refractivity contribution in [1.82, 2.24) is 0 Å². The fourth-order valence-corrected chi connectivity index (χ4v) is 1.47. The third-order valence-corrected chi connectivity index (χ3v) is 2.37. The summed E-state index contributed by atoms with van der Waals surface area (Å²) in [5.74, 6) is 0. The van der Waals surface area contributed by atoms with Gasteiger partial charge in [-0.25, -0.2) is 0 Å². The lowest BCUT2D eigenvalue weighted by Gasteiger charge is -1.98. The predicted molar refractivity (Wildman–Crippen MR) is 58.8 cm³/mol. The first kappa shape index (κ1) is 9.87. The molecule has 62 valence electrons. The highest BCUT2D eigenvalue weighted by molar-refractivity contribution is 9.08. The van der Waals surface area contributed by atoms with Gasteiger partial charge in [-0.1, -0.05) is 33.6 Å². The number of aliphatic imine (C=N–C) groups is 1. The van der Waals surface area contributed by atoms with Crippen molar-refractivity contribution in [2.24, 2.45) is 4.99 Å². The van der Waals surface area contributed by atoms with Crippen LogP contribution in [0.1, 0.15) is 5.56 Å². The highest BCUT2D eigenvalue weighted by Crippen LogP contribution is 2.25. The Bertz CT molecular complexity index is 334. The number of benzene rings is 1. The van der Waals surface area contributed by atoms with E-state index in [0.717, 1.165) is 10.9 Å². The van der Waals surface area contributed by atoms with E-state index in [-0.39, 0.29) is 0 Å². The molecule has 1 nitrogen and oxygen atoms in total. The number of alkyl halides is 1. The van der Waals surface area contributed by atoms with Gasteiger partial charge in [-0.2, -0.15) is 4.99 Å². The second kappa shape index (κ2) is 4.73. The summed E-state index contributed by atoms with van der Waals surface area (Å²) in [4.78, 5) is 3.80. The Labute approximate surface area is 89.6 Å². The molecule has 0 amide bonds. The summed E-state index contributed by atoms with van der Waals surface area (Å²) >= 11 is 13.7. The van der Waals surface area contributed by atoms with Crippen LogP contribution in [0.3, 0.4) is 0 Å². The molecule has 0 saturated carbocycles. The Morgan fingerprint density at radius 3 is 2.83 bits per heavy atom. The standard InChI is InChI=1S/C8H5BrClNS/c9-4-6-1-2-8(11-5-12)7(10)3-6/h1-3H,4H2. The van der Waals surface area contributed by atoms with Crippen LogP contribution < -0.4 is 0 Å². The molecular weight excluding hydrogens is 258 g/mol. The van der Waals surface area contributed by atoms with E-state index in [2.05, 4.69) is 38.3 Å². The minimum absolute atomic E-state index is 0.601. The van der Waals surface area contributed by atoms with Gasteiger partial charge < -0.3 is 0 Å². The molecule has 1 aromatic carbocycles. The van der Waals surface area contributed by atoms with Crippen molar-refractivity contribution in [3.63, 3.8) is 0 Å². The predicted octanol–water partition coefficient (Wildman–Crippen LogP) is 3.97. The molecule has 0 atom stereocenters. The highest BCUT2D eigenvalue weighted by Gasteiger charge is 1.98. The smallest absolute Gasteiger partial charge is 0.0925 e. The van der Waals surface area contributed by atoms with Crippen molar-refractivity contribution in [2.45, 2.75) is 5.33 Å². The Balaban J connectivity index is 3.11. The first-order chi connectivity index (χ1) is 5.77. The zero-order chi connectivity index (χ0) is 8.97. The average molecular weight is 263 g/mol. The van der Waals surface area contributed by atoms with Gasteiger partial charge in [0.25, 0.3) is 0 Å². The number of halogens is 2. The van der Waals surface area contributed by atoms with Crippen LogP contribution >= 0.6 is 39.7 Å². The lowest BCUT2D eigenvalue weighted by Crippen LogP contribution is -1.76. The van der Waals surface area contributed by atoms with Crippen molar-refractivity contribution in [2.75, 3.05) is 0 Å². The first-order valence-electron chi connectivity index (χ1n) is 3.20. The van der Waals surface area contributed by atoms with Gasteiger partial charge in [0.2, 0.25) is 0 Å². The summed E-state index contributed by atoms with van der Waals surface area (Å²) in [6.45, 7) is 0. The number of thiocarbonyl (C=S) groups is 1. The molecule has 0 bridgehead atoms. The maximum absolute atomic E-state index is 5.89. The van der Waals surface area contributed by atoms with Gasteiger partial charge in [0.05, 0.1) is 15.9 Å². The maximum Gasteiger partial charge on any atom is 0.0925 e. The van der Waals surface area contributed by atoms with Crippen LogP contribution in [0.2, 0.25) is 5.02 Å². The molecule has 0 heterocycles. The van der Waals surface area contributed by atoms with Gasteiger partial charge >= 0.3 is 0 Å². The largest absolute Gasteiger partial charge is 0.193 e. The van der Waals surface area contributed by atoms with Crippen molar-refractivity contribution in [3.8, 4) is 0 Å². The maximum atomic E-state index is 5.89. The summed E-state index contributed by atoms with van der Waals surface area (Å²) in [7, 11) is 0. The van der Waals surface area contributed by atoms with E-state index in [0.29, 0.717) is 10.7 Å². The molecule has 0 spiro atoms. The molecule has 0 radical (unpaired) electrons.